The molecule has 5 heteroatoms. The van der Waals surface area contributed by atoms with Gasteiger partial charge in [0.2, 0.25) is 0 Å². The van der Waals surface area contributed by atoms with Crippen LogP contribution in [0.1, 0.15) is 62.9 Å². The first-order valence-corrected chi connectivity index (χ1v) is 8.77. The molecule has 1 aliphatic rings. The molecule has 0 saturated carbocycles. The van der Waals surface area contributed by atoms with Gasteiger partial charge in [-0.15, -0.1) is 0 Å². The molecule has 1 aliphatic heterocycles. The number of methoxy groups -OCH3 is 1. The lowest BCUT2D eigenvalue weighted by molar-refractivity contribution is -0.288. The molecule has 0 atom stereocenters. The molecule has 0 bridgehead atoms. The van der Waals surface area contributed by atoms with Crippen LogP contribution in [0.25, 0.3) is 0 Å². The monoisotopic (exact) mass is 383 g/mol. The average molecular weight is 384 g/mol. The number of carbonyl (C=O) groups excluding carboxylic acids is 1. The molecule has 1 fully saturated rings. The number of esters is 1. The fraction of sp³-hybridized carbons (Fsp3) is 0.611. The molecule has 0 aromatic heterocycles. The number of carbonyl (C=O) groups is 1. The van der Waals surface area contributed by atoms with Crippen molar-refractivity contribution in [2.75, 3.05) is 7.11 Å². The summed E-state index contributed by atoms with van der Waals surface area (Å²) < 4.78 is 5.72. The van der Waals surface area contributed by atoms with Crippen LogP contribution in [-0.4, -0.2) is 29.2 Å². The van der Waals surface area contributed by atoms with E-state index in [1.54, 1.807) is 6.07 Å². The third-order valence-electron chi connectivity index (χ3n) is 4.50. The quantitative estimate of drug-likeness (QED) is 0.705. The van der Waals surface area contributed by atoms with Crippen molar-refractivity contribution in [1.29, 1.82) is 0 Å². The Morgan fingerprint density at radius 3 is 2.39 bits per heavy atom. The predicted octanol–water partition coefficient (Wildman–Crippen LogP) is 4.71. The first-order chi connectivity index (χ1) is 10.7. The maximum atomic E-state index is 12.0. The van der Waals surface area contributed by atoms with Gasteiger partial charge in [-0.3, -0.25) is 4.84 Å². The fourth-order valence-corrected chi connectivity index (χ4v) is 3.80. The van der Waals surface area contributed by atoms with E-state index in [9.17, 15) is 4.79 Å². The van der Waals surface area contributed by atoms with Gasteiger partial charge in [0.05, 0.1) is 19.3 Å². The lowest BCUT2D eigenvalue weighted by atomic mass is 9.82. The van der Waals surface area contributed by atoms with Gasteiger partial charge in [-0.25, -0.2) is 4.79 Å². The summed E-state index contributed by atoms with van der Waals surface area (Å²) in [5, 5.41) is 2.10. The van der Waals surface area contributed by atoms with Crippen molar-refractivity contribution < 1.29 is 14.4 Å². The molecule has 1 saturated heterocycles. The molecule has 0 radical (unpaired) electrons. The van der Waals surface area contributed by atoms with E-state index in [0.29, 0.717) is 12.2 Å². The lowest BCUT2D eigenvalue weighted by Crippen LogP contribution is -2.58. The Kier molecular flexibility index (Phi) is 5.54. The number of piperidine rings is 1. The second kappa shape index (κ2) is 6.91. The number of ether oxygens (including phenoxy) is 1. The summed E-state index contributed by atoms with van der Waals surface area (Å²) in [6, 6.07) is 5.59. The molecule has 2 rings (SSSR count). The van der Waals surface area contributed by atoms with E-state index < -0.39 is 0 Å². The van der Waals surface area contributed by atoms with Crippen LogP contribution in [0, 0.1) is 0 Å². The Hall–Kier alpha value is -0.910. The topological polar surface area (TPSA) is 38.8 Å². The molecular weight excluding hydrogens is 358 g/mol. The van der Waals surface area contributed by atoms with Crippen LogP contribution >= 0.6 is 15.9 Å². The molecule has 0 N–H and O–H groups in total. The number of hydroxylamine groups is 2. The summed E-state index contributed by atoms with van der Waals surface area (Å²) in [7, 11) is 1.39. The van der Waals surface area contributed by atoms with Gasteiger partial charge in [0.15, 0.2) is 0 Å². The molecule has 1 heterocycles. The van der Waals surface area contributed by atoms with E-state index in [0.717, 1.165) is 22.9 Å². The van der Waals surface area contributed by atoms with E-state index in [1.165, 1.54) is 13.5 Å². The van der Waals surface area contributed by atoms with Gasteiger partial charge in [0.1, 0.15) is 0 Å². The van der Waals surface area contributed by atoms with Crippen LogP contribution in [0.5, 0.6) is 0 Å². The van der Waals surface area contributed by atoms with Crippen LogP contribution in [-0.2, 0) is 16.2 Å². The molecule has 0 unspecified atom stereocenters. The van der Waals surface area contributed by atoms with E-state index in [-0.39, 0.29) is 17.0 Å². The number of rotatable bonds is 4. The van der Waals surface area contributed by atoms with E-state index in [1.807, 2.05) is 12.1 Å². The molecule has 0 amide bonds. The standard InChI is InChI=1S/C18H26BrNO3/c1-17(2)9-6-10-18(3,4)20(17)23-12-13-7-8-14(19)11-15(13)16(21)22-5/h7-8,11H,6,9-10,12H2,1-5H3. The van der Waals surface area contributed by atoms with Crippen molar-refractivity contribution in [3.63, 3.8) is 0 Å². The smallest absolute Gasteiger partial charge is 0.338 e. The number of nitrogens with zero attached hydrogens (tertiary/aromatic N) is 1. The van der Waals surface area contributed by atoms with Crippen molar-refractivity contribution in [1.82, 2.24) is 5.06 Å². The molecule has 0 aliphatic carbocycles. The second-order valence-corrected chi connectivity index (χ2v) is 8.25. The third-order valence-corrected chi connectivity index (χ3v) is 5.00. The van der Waals surface area contributed by atoms with Crippen molar-refractivity contribution in [2.45, 2.75) is 64.6 Å². The minimum absolute atomic E-state index is 0.0253. The Balaban J connectivity index is 2.21. The van der Waals surface area contributed by atoms with E-state index in [4.69, 9.17) is 9.57 Å². The first kappa shape index (κ1) is 18.4. The highest BCUT2D eigenvalue weighted by atomic mass is 79.9. The van der Waals surface area contributed by atoms with Gasteiger partial charge < -0.3 is 4.74 Å². The van der Waals surface area contributed by atoms with E-state index >= 15 is 0 Å². The third kappa shape index (κ3) is 4.14. The van der Waals surface area contributed by atoms with Crippen molar-refractivity contribution in [3.05, 3.63) is 33.8 Å². The molecule has 1 aromatic rings. The van der Waals surface area contributed by atoms with Crippen LogP contribution in [0.4, 0.5) is 0 Å². The fourth-order valence-electron chi connectivity index (χ4n) is 3.43. The van der Waals surface area contributed by atoms with Gasteiger partial charge in [0.25, 0.3) is 0 Å². The zero-order chi connectivity index (χ0) is 17.3. The van der Waals surface area contributed by atoms with Crippen molar-refractivity contribution >= 4 is 21.9 Å². The molecule has 4 nitrogen and oxygen atoms in total. The summed E-state index contributed by atoms with van der Waals surface area (Å²) in [5.74, 6) is -0.345. The number of benzene rings is 1. The largest absolute Gasteiger partial charge is 0.465 e. The highest BCUT2D eigenvalue weighted by Gasteiger charge is 2.42. The lowest BCUT2D eigenvalue weighted by Gasteiger charge is -2.51. The Morgan fingerprint density at radius 1 is 1.22 bits per heavy atom. The Morgan fingerprint density at radius 2 is 1.83 bits per heavy atom. The normalized spacial score (nSPS) is 20.3. The SMILES string of the molecule is COC(=O)c1cc(Br)ccc1CON1C(C)(C)CCCC1(C)C. The summed E-state index contributed by atoms with van der Waals surface area (Å²) in [6.45, 7) is 9.17. The predicted molar refractivity (Wildman–Crippen MR) is 94.1 cm³/mol. The molecular formula is C18H26BrNO3. The van der Waals surface area contributed by atoms with Gasteiger partial charge >= 0.3 is 5.97 Å². The highest BCUT2D eigenvalue weighted by molar-refractivity contribution is 9.10. The number of hydrogen-bond donors (Lipinski definition) is 0. The summed E-state index contributed by atoms with van der Waals surface area (Å²) in [6.07, 6.45) is 3.40. The van der Waals surface area contributed by atoms with Gasteiger partial charge in [-0.2, -0.15) is 5.06 Å². The second-order valence-electron chi connectivity index (χ2n) is 7.34. The van der Waals surface area contributed by atoms with Crippen LogP contribution in [0.15, 0.2) is 22.7 Å². The van der Waals surface area contributed by atoms with Crippen molar-refractivity contribution in [3.8, 4) is 0 Å². The minimum atomic E-state index is -0.345. The average Bonchev–Trinajstić information content (AvgIpc) is 2.45. The Labute approximate surface area is 147 Å². The zero-order valence-corrected chi connectivity index (χ0v) is 16.2. The summed E-state index contributed by atoms with van der Waals surface area (Å²) >= 11 is 3.40. The van der Waals surface area contributed by atoms with Crippen LogP contribution in [0.2, 0.25) is 0 Å². The minimum Gasteiger partial charge on any atom is -0.465 e. The maximum absolute atomic E-state index is 12.0. The highest BCUT2D eigenvalue weighted by Crippen LogP contribution is 2.38. The van der Waals surface area contributed by atoms with Gasteiger partial charge in [-0.05, 0) is 64.7 Å². The Bertz CT molecular complexity index is 568. The van der Waals surface area contributed by atoms with Gasteiger partial charge in [-0.1, -0.05) is 22.0 Å². The molecule has 0 spiro atoms. The molecule has 128 valence electrons. The number of halogens is 1. The first-order valence-electron chi connectivity index (χ1n) is 7.97. The maximum Gasteiger partial charge on any atom is 0.338 e. The number of hydrogen-bond acceptors (Lipinski definition) is 4. The zero-order valence-electron chi connectivity index (χ0n) is 14.6. The van der Waals surface area contributed by atoms with Crippen molar-refractivity contribution in [2.24, 2.45) is 0 Å². The van der Waals surface area contributed by atoms with Crippen LogP contribution in [0.3, 0.4) is 0 Å². The van der Waals surface area contributed by atoms with Gasteiger partial charge in [0, 0.05) is 15.6 Å². The molecule has 23 heavy (non-hydrogen) atoms. The summed E-state index contributed by atoms with van der Waals surface area (Å²) in [4.78, 5) is 18.2. The van der Waals surface area contributed by atoms with E-state index in [2.05, 4.69) is 48.7 Å². The summed E-state index contributed by atoms with van der Waals surface area (Å²) in [5.41, 5.74) is 1.32. The van der Waals surface area contributed by atoms with Crippen LogP contribution < -0.4 is 0 Å². The molecule has 1 aromatic carbocycles.